The highest BCUT2D eigenvalue weighted by molar-refractivity contribution is 6.32. The van der Waals surface area contributed by atoms with Crippen molar-refractivity contribution in [3.8, 4) is 0 Å². The molecule has 1 aromatic heterocycles. The predicted octanol–water partition coefficient (Wildman–Crippen LogP) is -0.0513. The Bertz CT molecular complexity index is 617. The van der Waals surface area contributed by atoms with Gasteiger partial charge < -0.3 is 10.0 Å². The van der Waals surface area contributed by atoms with Crippen molar-refractivity contribution in [2.75, 3.05) is 0 Å². The smallest absolute Gasteiger partial charge is 0.337 e. The lowest BCUT2D eigenvalue weighted by Gasteiger charge is -2.31. The van der Waals surface area contributed by atoms with Gasteiger partial charge in [-0.25, -0.2) is 4.99 Å². The lowest BCUT2D eigenvalue weighted by atomic mass is 9.81. The van der Waals surface area contributed by atoms with Crippen LogP contribution >= 0.6 is 0 Å². The van der Waals surface area contributed by atoms with Crippen LogP contribution in [-0.4, -0.2) is 28.1 Å². The molecule has 4 rings (SSSR count). The zero-order chi connectivity index (χ0) is 12.3. The maximum atomic E-state index is 11.8. The third-order valence-corrected chi connectivity index (χ3v) is 3.57. The second kappa shape index (κ2) is 3.09. The largest absolute Gasteiger partial charge is 0.395 e. The van der Waals surface area contributed by atoms with Gasteiger partial charge in [0.15, 0.2) is 0 Å². The summed E-state index contributed by atoms with van der Waals surface area (Å²) in [6.45, 7) is 0. The Morgan fingerprint density at radius 2 is 2.28 bits per heavy atom. The summed E-state index contributed by atoms with van der Waals surface area (Å²) in [4.78, 5) is 9.90. The molecule has 0 saturated heterocycles. The Hall–Kier alpha value is -2.38. The van der Waals surface area contributed by atoms with Gasteiger partial charge in [-0.15, -0.1) is 0 Å². The van der Waals surface area contributed by atoms with Crippen molar-refractivity contribution < 1.29 is 19.3 Å². The molecular formula is C10H8N4O4. The second-order valence-electron chi connectivity index (χ2n) is 4.45. The summed E-state index contributed by atoms with van der Waals surface area (Å²) in [7, 11) is 0. The molecule has 1 aromatic rings. The molecule has 0 unspecified atom stereocenters. The van der Waals surface area contributed by atoms with Gasteiger partial charge in [0.05, 0.1) is 11.3 Å². The number of hydrogen-bond donors (Lipinski definition) is 0. The van der Waals surface area contributed by atoms with Gasteiger partial charge in [0.25, 0.3) is 5.71 Å². The Labute approximate surface area is 101 Å². The topological polar surface area (TPSA) is 101 Å². The Balaban J connectivity index is 1.94. The summed E-state index contributed by atoms with van der Waals surface area (Å²) in [5.41, 5.74) is 0.607. The molecule has 18 heavy (non-hydrogen) atoms. The average Bonchev–Trinajstić information content (AvgIpc) is 2.96. The molecule has 0 aromatic carbocycles. The standard InChI is InChI=1S/C10H8N4O4/c15-13-6-4-11-10-9(14(16)18-12-10)8(6)5-2-1-3-7(5)17-13/h1,3-5,7-8H,2H2/t5-,7+,8+/m1/s1. The lowest BCUT2D eigenvalue weighted by Crippen LogP contribution is -2.46. The summed E-state index contributed by atoms with van der Waals surface area (Å²) in [5.74, 6) is -0.137. The number of aromatic nitrogens is 2. The van der Waals surface area contributed by atoms with Crippen molar-refractivity contribution in [2.24, 2.45) is 10.9 Å². The molecule has 3 aliphatic rings. The van der Waals surface area contributed by atoms with Crippen LogP contribution in [-0.2, 0) is 4.84 Å². The minimum atomic E-state index is -0.382. The highest BCUT2D eigenvalue weighted by atomic mass is 16.9. The predicted molar refractivity (Wildman–Crippen MR) is 57.1 cm³/mol. The van der Waals surface area contributed by atoms with Gasteiger partial charge in [-0.2, -0.15) is 0 Å². The maximum Gasteiger partial charge on any atom is 0.337 e. The first-order valence-electron chi connectivity index (χ1n) is 5.57. The molecule has 0 spiro atoms. The molecule has 8 nitrogen and oxygen atoms in total. The molecule has 0 N–H and O–H groups in total. The first-order chi connectivity index (χ1) is 8.75. The number of rotatable bonds is 0. The Kier molecular flexibility index (Phi) is 1.65. The quantitative estimate of drug-likeness (QED) is 0.473. The average molecular weight is 248 g/mol. The van der Waals surface area contributed by atoms with E-state index in [0.717, 1.165) is 6.42 Å². The van der Waals surface area contributed by atoms with Crippen LogP contribution in [0.4, 0.5) is 5.82 Å². The van der Waals surface area contributed by atoms with Gasteiger partial charge >= 0.3 is 5.82 Å². The molecule has 0 fully saturated rings. The fourth-order valence-electron chi connectivity index (χ4n) is 2.78. The number of aliphatic imine (C=N–C) groups is 1. The van der Waals surface area contributed by atoms with Crippen LogP contribution < -0.4 is 4.90 Å². The first-order valence-corrected chi connectivity index (χ1v) is 5.57. The van der Waals surface area contributed by atoms with E-state index in [1.807, 2.05) is 12.2 Å². The zero-order valence-electron chi connectivity index (χ0n) is 9.09. The fourth-order valence-corrected chi connectivity index (χ4v) is 2.78. The number of hydrogen-bond acceptors (Lipinski definition) is 6. The second-order valence-corrected chi connectivity index (χ2v) is 4.45. The van der Waals surface area contributed by atoms with Gasteiger partial charge in [-0.1, -0.05) is 12.2 Å². The van der Waals surface area contributed by atoms with Gasteiger partial charge in [-0.05, 0) is 11.3 Å². The van der Waals surface area contributed by atoms with Gasteiger partial charge in [0, 0.05) is 10.8 Å². The van der Waals surface area contributed by atoms with Crippen LogP contribution in [0, 0.1) is 16.3 Å². The van der Waals surface area contributed by atoms with Crippen LogP contribution in [0.3, 0.4) is 0 Å². The minimum Gasteiger partial charge on any atom is -0.395 e. The van der Waals surface area contributed by atoms with Crippen molar-refractivity contribution in [2.45, 2.75) is 18.4 Å². The van der Waals surface area contributed by atoms with Crippen LogP contribution in [0.2, 0.25) is 0 Å². The summed E-state index contributed by atoms with van der Waals surface area (Å²) in [6.07, 6.45) is 5.59. The van der Waals surface area contributed by atoms with Gasteiger partial charge in [0.1, 0.15) is 12.1 Å². The van der Waals surface area contributed by atoms with Crippen molar-refractivity contribution in [1.82, 2.24) is 5.16 Å². The molecule has 3 heterocycles. The monoisotopic (exact) mass is 248 g/mol. The Morgan fingerprint density at radius 1 is 1.39 bits per heavy atom. The number of nitrogens with zero attached hydrogens (tertiary/aromatic N) is 4. The van der Waals surface area contributed by atoms with E-state index < -0.39 is 0 Å². The molecule has 0 amide bonds. The van der Waals surface area contributed by atoms with Crippen molar-refractivity contribution >= 4 is 17.7 Å². The van der Waals surface area contributed by atoms with E-state index in [0.29, 0.717) is 15.5 Å². The first kappa shape index (κ1) is 9.63. The van der Waals surface area contributed by atoms with Crippen LogP contribution in [0.5, 0.6) is 0 Å². The van der Waals surface area contributed by atoms with E-state index in [-0.39, 0.29) is 29.5 Å². The van der Waals surface area contributed by atoms with E-state index in [2.05, 4.69) is 14.8 Å². The number of fused-ring (bicyclic) bond motifs is 5. The molecule has 8 heteroatoms. The molecule has 0 radical (unpaired) electrons. The molecule has 0 saturated carbocycles. The van der Waals surface area contributed by atoms with Crippen molar-refractivity contribution in [1.29, 1.82) is 0 Å². The van der Waals surface area contributed by atoms with Gasteiger partial charge in [-0.3, -0.25) is 9.84 Å². The van der Waals surface area contributed by atoms with Crippen LogP contribution in [0.25, 0.3) is 0 Å². The SMILES string of the molecule is [O-][N+]1=C2C=Nc3no[n+]([O-])c3[C@H]2[C@@H]2CC=C[C@@H]2O1. The summed E-state index contributed by atoms with van der Waals surface area (Å²) in [5, 5.41) is 27.0. The van der Waals surface area contributed by atoms with E-state index in [4.69, 9.17) is 4.84 Å². The third-order valence-electron chi connectivity index (χ3n) is 3.57. The molecule has 0 bridgehead atoms. The maximum absolute atomic E-state index is 11.8. The van der Waals surface area contributed by atoms with Gasteiger partial charge in [0.2, 0.25) is 5.69 Å². The summed E-state index contributed by atoms with van der Waals surface area (Å²) >= 11 is 0. The number of allylic oxidation sites excluding steroid dienone is 1. The van der Waals surface area contributed by atoms with E-state index in [1.54, 1.807) is 0 Å². The lowest BCUT2D eigenvalue weighted by molar-refractivity contribution is -0.810. The van der Waals surface area contributed by atoms with Crippen molar-refractivity contribution in [3.63, 3.8) is 0 Å². The molecule has 2 aliphatic heterocycles. The zero-order valence-corrected chi connectivity index (χ0v) is 9.09. The Morgan fingerprint density at radius 3 is 3.17 bits per heavy atom. The van der Waals surface area contributed by atoms with Crippen molar-refractivity contribution in [3.05, 3.63) is 28.3 Å². The molecule has 3 atom stereocenters. The highest BCUT2D eigenvalue weighted by Crippen LogP contribution is 2.42. The fraction of sp³-hybridized carbons (Fsp3) is 0.400. The van der Waals surface area contributed by atoms with E-state index >= 15 is 0 Å². The normalized spacial score (nSPS) is 31.9. The van der Waals surface area contributed by atoms with E-state index in [1.165, 1.54) is 6.21 Å². The van der Waals surface area contributed by atoms with E-state index in [9.17, 15) is 10.4 Å². The summed E-state index contributed by atoms with van der Waals surface area (Å²) in [6, 6.07) is 0. The van der Waals surface area contributed by atoms with Crippen LogP contribution in [0.15, 0.2) is 21.8 Å². The third kappa shape index (κ3) is 1.04. The summed E-state index contributed by atoms with van der Waals surface area (Å²) < 4.78 is 4.55. The highest BCUT2D eigenvalue weighted by Gasteiger charge is 2.50. The molecular weight excluding hydrogens is 240 g/mol. The minimum absolute atomic E-state index is 0.00954. The molecule has 1 aliphatic carbocycles. The molecule has 92 valence electrons. The van der Waals surface area contributed by atoms with Crippen LogP contribution in [0.1, 0.15) is 18.0 Å².